The number of rotatable bonds is 1. The van der Waals surface area contributed by atoms with E-state index in [4.69, 9.17) is 4.98 Å². The van der Waals surface area contributed by atoms with E-state index in [1.54, 1.807) is 6.07 Å². The summed E-state index contributed by atoms with van der Waals surface area (Å²) in [7, 11) is 2.09. The predicted octanol–water partition coefficient (Wildman–Crippen LogP) is 2.14. The van der Waals surface area contributed by atoms with Gasteiger partial charge in [0, 0.05) is 31.8 Å². The molecule has 0 radical (unpaired) electrons. The number of hydrogen-bond donors (Lipinski definition) is 1. The largest absolute Gasteiger partial charge is 0.355 e. The molecule has 1 aromatic carbocycles. The fourth-order valence-corrected chi connectivity index (χ4v) is 3.78. The van der Waals surface area contributed by atoms with Gasteiger partial charge in [-0.3, -0.25) is 9.20 Å². The number of nitrogens with zero attached hydrogens (tertiary/aromatic N) is 5. The number of benzene rings is 1. The van der Waals surface area contributed by atoms with Crippen molar-refractivity contribution in [1.29, 1.82) is 0 Å². The Balaban J connectivity index is 1.77. The Kier molecular flexibility index (Phi) is 3.80. The zero-order valence-electron chi connectivity index (χ0n) is 15.2. The van der Waals surface area contributed by atoms with Crippen LogP contribution in [0.5, 0.6) is 0 Å². The number of imidazole rings is 1. The van der Waals surface area contributed by atoms with E-state index in [2.05, 4.69) is 26.8 Å². The molecule has 0 amide bonds. The number of nitrogens with one attached hydrogen (secondary N) is 1. The quantitative estimate of drug-likeness (QED) is 0.545. The molecule has 0 spiro atoms. The van der Waals surface area contributed by atoms with Crippen molar-refractivity contribution in [3.63, 3.8) is 0 Å². The minimum Gasteiger partial charge on any atom is -0.355 e. The number of likely N-dealkylation sites (N-methyl/N-ethyl adjacent to an activating group) is 1. The normalized spacial score (nSPS) is 16.3. The zero-order chi connectivity index (χ0) is 19.4. The van der Waals surface area contributed by atoms with Crippen LogP contribution in [0.25, 0.3) is 27.8 Å². The van der Waals surface area contributed by atoms with Crippen molar-refractivity contribution in [2.45, 2.75) is 6.42 Å². The van der Waals surface area contributed by atoms with E-state index in [9.17, 15) is 13.6 Å². The molecule has 5 rings (SSSR count). The zero-order valence-corrected chi connectivity index (χ0v) is 15.2. The Morgan fingerprint density at radius 3 is 2.68 bits per heavy atom. The SMILES string of the molecule is CN1CCCN(c2ccc3[nH]c(=O)c4nc5cc(F)c(F)cc5n4c3n2)CC1. The van der Waals surface area contributed by atoms with Gasteiger partial charge in [-0.15, -0.1) is 0 Å². The summed E-state index contributed by atoms with van der Waals surface area (Å²) in [5.41, 5.74) is 1.12. The average molecular weight is 384 g/mol. The number of aromatic amines is 1. The van der Waals surface area contributed by atoms with Crippen molar-refractivity contribution in [2.24, 2.45) is 0 Å². The second-order valence-corrected chi connectivity index (χ2v) is 7.16. The van der Waals surface area contributed by atoms with Crippen LogP contribution < -0.4 is 10.5 Å². The fourth-order valence-electron chi connectivity index (χ4n) is 3.78. The summed E-state index contributed by atoms with van der Waals surface area (Å²) in [5.74, 6) is -1.21. The lowest BCUT2D eigenvalue weighted by molar-refractivity contribution is 0.360. The summed E-state index contributed by atoms with van der Waals surface area (Å²) in [6, 6.07) is 5.71. The van der Waals surface area contributed by atoms with Crippen LogP contribution in [0.4, 0.5) is 14.6 Å². The van der Waals surface area contributed by atoms with Crippen LogP contribution in [0.1, 0.15) is 6.42 Å². The van der Waals surface area contributed by atoms with Gasteiger partial charge in [0.2, 0.25) is 5.65 Å². The third kappa shape index (κ3) is 2.62. The molecular weight excluding hydrogens is 366 g/mol. The topological polar surface area (TPSA) is 69.5 Å². The highest BCUT2D eigenvalue weighted by molar-refractivity contribution is 5.87. The van der Waals surface area contributed by atoms with Gasteiger partial charge in [-0.05, 0) is 32.1 Å². The molecule has 28 heavy (non-hydrogen) atoms. The maximum Gasteiger partial charge on any atom is 0.292 e. The summed E-state index contributed by atoms with van der Waals surface area (Å²) in [5, 5.41) is 0. The number of halogens is 2. The molecule has 1 saturated heterocycles. The average Bonchev–Trinajstić information content (AvgIpc) is 2.89. The van der Waals surface area contributed by atoms with E-state index in [0.29, 0.717) is 16.7 Å². The summed E-state index contributed by atoms with van der Waals surface area (Å²) >= 11 is 0. The van der Waals surface area contributed by atoms with Crippen molar-refractivity contribution in [2.75, 3.05) is 38.1 Å². The van der Waals surface area contributed by atoms with Crippen LogP contribution in [0.2, 0.25) is 0 Å². The number of aromatic nitrogens is 4. The molecule has 1 aliphatic rings. The van der Waals surface area contributed by atoms with Gasteiger partial charge >= 0.3 is 0 Å². The molecule has 4 aromatic rings. The van der Waals surface area contributed by atoms with E-state index in [0.717, 1.165) is 50.6 Å². The molecule has 1 N–H and O–H groups in total. The van der Waals surface area contributed by atoms with Crippen LogP contribution in [-0.2, 0) is 0 Å². The van der Waals surface area contributed by atoms with Crippen LogP contribution in [0.3, 0.4) is 0 Å². The highest BCUT2D eigenvalue weighted by Crippen LogP contribution is 2.24. The summed E-state index contributed by atoms with van der Waals surface area (Å²) in [4.78, 5) is 28.6. The van der Waals surface area contributed by atoms with Gasteiger partial charge < -0.3 is 14.8 Å². The number of hydrogen-bond acceptors (Lipinski definition) is 5. The van der Waals surface area contributed by atoms with Crippen LogP contribution in [-0.4, -0.2) is 57.5 Å². The number of pyridine rings is 1. The minimum absolute atomic E-state index is 0.0627. The van der Waals surface area contributed by atoms with Gasteiger partial charge in [0.1, 0.15) is 5.82 Å². The van der Waals surface area contributed by atoms with Crippen LogP contribution in [0, 0.1) is 11.6 Å². The minimum atomic E-state index is -1.00. The second-order valence-electron chi connectivity index (χ2n) is 7.16. The lowest BCUT2D eigenvalue weighted by atomic mass is 10.3. The van der Waals surface area contributed by atoms with E-state index in [1.165, 1.54) is 4.40 Å². The number of anilines is 1. The van der Waals surface area contributed by atoms with Crippen molar-refractivity contribution in [3.8, 4) is 0 Å². The third-order valence-corrected chi connectivity index (χ3v) is 5.26. The lowest BCUT2D eigenvalue weighted by Gasteiger charge is -2.21. The molecule has 4 heterocycles. The molecule has 0 bridgehead atoms. The Morgan fingerprint density at radius 2 is 1.82 bits per heavy atom. The van der Waals surface area contributed by atoms with Crippen molar-refractivity contribution in [3.05, 3.63) is 46.3 Å². The van der Waals surface area contributed by atoms with Gasteiger partial charge in [-0.25, -0.2) is 18.7 Å². The molecule has 0 atom stereocenters. The fraction of sp³-hybridized carbons (Fsp3) is 0.316. The number of H-pyrrole nitrogens is 1. The molecule has 144 valence electrons. The van der Waals surface area contributed by atoms with Crippen molar-refractivity contribution >= 4 is 33.7 Å². The molecule has 0 saturated carbocycles. The highest BCUT2D eigenvalue weighted by Gasteiger charge is 2.18. The monoisotopic (exact) mass is 384 g/mol. The Morgan fingerprint density at radius 1 is 1.00 bits per heavy atom. The summed E-state index contributed by atoms with van der Waals surface area (Å²) < 4.78 is 29.0. The summed E-state index contributed by atoms with van der Waals surface area (Å²) in [6.45, 7) is 3.67. The first-order valence-electron chi connectivity index (χ1n) is 9.15. The smallest absolute Gasteiger partial charge is 0.292 e. The standard InChI is InChI=1S/C19H18F2N6O/c1-25-5-2-6-26(8-7-25)16-4-3-13-17(24-16)27-15-10-12(21)11(20)9-14(15)22-18(27)19(28)23-13/h3-4,9-10H,2,5-8H2,1H3,(H,23,28). The molecule has 3 aromatic heterocycles. The highest BCUT2D eigenvalue weighted by atomic mass is 19.2. The first kappa shape index (κ1) is 17.1. The molecule has 9 heteroatoms. The molecule has 0 aliphatic carbocycles. The van der Waals surface area contributed by atoms with Gasteiger partial charge in [-0.1, -0.05) is 0 Å². The van der Waals surface area contributed by atoms with Crippen LogP contribution in [0.15, 0.2) is 29.1 Å². The Labute approximate surface area is 158 Å². The molecule has 1 fully saturated rings. The Bertz CT molecular complexity index is 1280. The van der Waals surface area contributed by atoms with Gasteiger partial charge in [0.25, 0.3) is 5.56 Å². The first-order valence-corrected chi connectivity index (χ1v) is 9.15. The second kappa shape index (κ2) is 6.23. The first-order chi connectivity index (χ1) is 13.5. The Hall–Kier alpha value is -3.07. The van der Waals surface area contributed by atoms with Crippen molar-refractivity contribution < 1.29 is 8.78 Å². The van der Waals surface area contributed by atoms with E-state index < -0.39 is 17.2 Å². The molecule has 7 nitrogen and oxygen atoms in total. The van der Waals surface area contributed by atoms with Gasteiger partial charge in [0.05, 0.1) is 16.6 Å². The lowest BCUT2D eigenvalue weighted by Crippen LogP contribution is -2.29. The van der Waals surface area contributed by atoms with Gasteiger partial charge in [0.15, 0.2) is 17.3 Å². The maximum atomic E-state index is 13.9. The summed E-state index contributed by atoms with van der Waals surface area (Å²) in [6.07, 6.45) is 1.02. The van der Waals surface area contributed by atoms with Crippen LogP contribution >= 0.6 is 0 Å². The number of fused-ring (bicyclic) bond motifs is 5. The maximum absolute atomic E-state index is 13.9. The third-order valence-electron chi connectivity index (χ3n) is 5.26. The van der Waals surface area contributed by atoms with Gasteiger partial charge in [-0.2, -0.15) is 0 Å². The molecular formula is C19H18F2N6O. The van der Waals surface area contributed by atoms with Crippen molar-refractivity contribution in [1.82, 2.24) is 24.3 Å². The van der Waals surface area contributed by atoms with E-state index >= 15 is 0 Å². The predicted molar refractivity (Wildman–Crippen MR) is 103 cm³/mol. The van der Waals surface area contributed by atoms with E-state index in [1.807, 2.05) is 6.07 Å². The molecule has 1 aliphatic heterocycles. The van der Waals surface area contributed by atoms with E-state index in [-0.39, 0.29) is 11.2 Å². The molecule has 0 unspecified atom stereocenters.